The second kappa shape index (κ2) is 6.83. The van der Waals surface area contributed by atoms with Crippen LogP contribution >= 0.6 is 8.16 Å². The van der Waals surface area contributed by atoms with Gasteiger partial charge < -0.3 is 4.70 Å². The summed E-state index contributed by atoms with van der Waals surface area (Å²) in [7, 11) is -1.12. The molecule has 5 nitrogen and oxygen atoms in total. The molecule has 2 bridgehead atoms. The number of likely N-dealkylation sites (tertiary alicyclic amines) is 1. The van der Waals surface area contributed by atoms with E-state index in [-0.39, 0.29) is 40.2 Å². The van der Waals surface area contributed by atoms with Gasteiger partial charge in [-0.15, -0.1) is 4.90 Å². The number of imide groups is 1. The summed E-state index contributed by atoms with van der Waals surface area (Å²) in [5.41, 5.74) is 0. The fourth-order valence-electron chi connectivity index (χ4n) is 3.90. The fourth-order valence-corrected chi connectivity index (χ4v) is 3.90. The first-order chi connectivity index (χ1) is 11.2. The van der Waals surface area contributed by atoms with Crippen LogP contribution < -0.4 is 4.70 Å². The molecule has 1 heterocycles. The van der Waals surface area contributed by atoms with Crippen LogP contribution in [0.25, 0.3) is 0 Å². The number of amides is 2. The van der Waals surface area contributed by atoms with Gasteiger partial charge in [-0.25, -0.2) is 0 Å². The Morgan fingerprint density at radius 2 is 1.38 bits per heavy atom. The molecule has 0 N–H and O–H groups in total. The maximum atomic E-state index is 12.6. The number of hydrogen-bond acceptors (Lipinski definition) is 2. The molecule has 0 aromatic rings. The molecule has 4 atom stereocenters. The van der Waals surface area contributed by atoms with Crippen molar-refractivity contribution < 1.29 is 39.9 Å². The molecule has 0 radical (unpaired) electrons. The molecule has 3 rings (SSSR count). The van der Waals surface area contributed by atoms with Gasteiger partial charge in [0.05, 0.1) is 40.0 Å². The number of rotatable bonds is 0. The molecule has 1 aliphatic heterocycles. The average Bonchev–Trinajstić information content (AvgIpc) is 3.04. The number of fused-ring (bicyclic) bond motifs is 5. The van der Waals surface area contributed by atoms with Crippen molar-refractivity contribution in [2.75, 3.05) is 28.2 Å². The molecular formula is C14H20F6N3O2P. The summed E-state index contributed by atoms with van der Waals surface area (Å²) in [5.74, 6) is 0.885. The van der Waals surface area contributed by atoms with Crippen LogP contribution in [0.4, 0.5) is 21.0 Å². The minimum atomic E-state index is -8.55. The zero-order valence-corrected chi connectivity index (χ0v) is 15.4. The second-order valence-electron chi connectivity index (χ2n) is 6.74. The zero-order chi connectivity index (χ0) is 19.3. The largest absolute Gasteiger partial charge is 1.00 e. The van der Waals surface area contributed by atoms with Crippen molar-refractivity contribution >= 4 is 25.9 Å². The Morgan fingerprint density at radius 3 is 1.65 bits per heavy atom. The minimum absolute atomic E-state index is 0. The smallest absolute Gasteiger partial charge is 1.00 e. The van der Waals surface area contributed by atoms with Gasteiger partial charge in [0, 0.05) is 0 Å². The van der Waals surface area contributed by atoms with Gasteiger partial charge in [-0.05, 0) is 18.3 Å². The summed E-state index contributed by atoms with van der Waals surface area (Å²) in [6.45, 7) is 0. The van der Waals surface area contributed by atoms with Crippen LogP contribution in [0.1, 0.15) is 6.42 Å². The normalized spacial score (nSPS) is 30.0. The third-order valence-corrected chi connectivity index (χ3v) is 4.47. The van der Waals surface area contributed by atoms with Crippen molar-refractivity contribution in [2.24, 2.45) is 23.7 Å². The Labute approximate surface area is 147 Å². The number of hydrogen-bond donors (Lipinski definition) is 0. The van der Waals surface area contributed by atoms with E-state index in [0.29, 0.717) is 5.96 Å². The predicted octanol–water partition coefficient (Wildman–Crippen LogP) is -0.0506. The number of carbonyl (C=O) groups is 2. The van der Waals surface area contributed by atoms with E-state index in [2.05, 4.69) is 12.2 Å². The number of halogens is 6. The molecule has 2 fully saturated rings. The average molecular weight is 407 g/mol. The van der Waals surface area contributed by atoms with Crippen LogP contribution in [0.5, 0.6) is 0 Å². The summed E-state index contributed by atoms with van der Waals surface area (Å²) < 4.78 is 51.0. The van der Waals surface area contributed by atoms with E-state index in [1.165, 1.54) is 4.90 Å². The summed E-state index contributed by atoms with van der Waals surface area (Å²) in [6, 6.07) is 0. The van der Waals surface area contributed by atoms with E-state index < -0.39 is 8.16 Å². The number of guanidine groups is 1. The van der Waals surface area contributed by atoms with Gasteiger partial charge in [0.1, 0.15) is 0 Å². The molecular weight excluding hydrogens is 387 g/mol. The molecule has 2 aliphatic carbocycles. The molecule has 1 saturated heterocycles. The van der Waals surface area contributed by atoms with E-state index in [4.69, 9.17) is 0 Å². The van der Waals surface area contributed by atoms with Gasteiger partial charge >= 0.3 is 35.1 Å². The van der Waals surface area contributed by atoms with Gasteiger partial charge in [0.15, 0.2) is 0 Å². The Bertz CT molecular complexity index is 622. The summed E-state index contributed by atoms with van der Waals surface area (Å²) >= 11 is 0. The van der Waals surface area contributed by atoms with E-state index in [1.54, 1.807) is 0 Å². The standard InChI is InChI=1S/C14H20N3O2.F5P.FH/c1-15(2)14(16(3)4)17-12(18)10-8-5-6-9(7-8)11(10)13(17)19;1-6(2,3,4)5;/h5-6,8-11H,7H2,1-4H3;;1H/q+1;;/p-1. The molecule has 0 aromatic heterocycles. The molecule has 0 aromatic carbocycles. The van der Waals surface area contributed by atoms with Crippen molar-refractivity contribution in [1.29, 1.82) is 0 Å². The number of nitrogens with zero attached hydrogens (tertiary/aromatic N) is 3. The molecule has 3 aliphatic rings. The van der Waals surface area contributed by atoms with Crippen LogP contribution in [-0.2, 0) is 9.59 Å². The van der Waals surface area contributed by atoms with Crippen molar-refractivity contribution in [1.82, 2.24) is 9.80 Å². The number of carbonyl (C=O) groups excluding carboxylic acids is 2. The molecule has 26 heavy (non-hydrogen) atoms. The Kier molecular flexibility index (Phi) is 5.88. The van der Waals surface area contributed by atoms with Gasteiger partial charge in [-0.3, -0.25) is 19.1 Å². The first-order valence-electron chi connectivity index (χ1n) is 7.55. The van der Waals surface area contributed by atoms with Crippen molar-refractivity contribution in [3.8, 4) is 0 Å². The van der Waals surface area contributed by atoms with Gasteiger partial charge in [0.2, 0.25) is 0 Å². The Morgan fingerprint density at radius 1 is 1.04 bits per heavy atom. The van der Waals surface area contributed by atoms with Gasteiger partial charge in [-0.2, -0.15) is 0 Å². The summed E-state index contributed by atoms with van der Waals surface area (Å²) in [6.07, 6.45) is 5.21. The van der Waals surface area contributed by atoms with Crippen molar-refractivity contribution in [2.45, 2.75) is 6.42 Å². The van der Waals surface area contributed by atoms with Gasteiger partial charge in [0.25, 0.3) is 11.8 Å². The van der Waals surface area contributed by atoms with Crippen LogP contribution in [0.15, 0.2) is 12.2 Å². The third-order valence-electron chi connectivity index (χ3n) is 4.47. The zero-order valence-electron chi connectivity index (χ0n) is 14.5. The molecule has 1 saturated carbocycles. The maximum Gasteiger partial charge on any atom is -1.00 e. The van der Waals surface area contributed by atoms with E-state index in [1.807, 2.05) is 37.7 Å². The fraction of sp³-hybridized carbons (Fsp3) is 0.643. The second-order valence-corrected chi connectivity index (χ2v) is 8.02. The number of allylic oxidation sites excluding steroid dienone is 2. The SMILES string of the molecule is CN(C)C(N1C(=O)C2C3C=CC(C3)C2C1=O)=[N+](C)C.FP(F)(F)(F)F.[F-]. The minimum Gasteiger partial charge on any atom is -1.00 e. The monoisotopic (exact) mass is 407 g/mol. The predicted molar refractivity (Wildman–Crippen MR) is 82.8 cm³/mol. The first-order valence-corrected chi connectivity index (χ1v) is 9.24. The topological polar surface area (TPSA) is 43.6 Å². The van der Waals surface area contributed by atoms with Crippen LogP contribution in [0.2, 0.25) is 0 Å². The van der Waals surface area contributed by atoms with E-state index >= 15 is 0 Å². The summed E-state index contributed by atoms with van der Waals surface area (Å²) in [5, 5.41) is 0. The van der Waals surface area contributed by atoms with E-state index in [0.717, 1.165) is 6.42 Å². The van der Waals surface area contributed by atoms with Crippen LogP contribution in [0.3, 0.4) is 0 Å². The Hall–Kier alpha value is -1.64. The Balaban J connectivity index is 0.000000422. The van der Waals surface area contributed by atoms with Crippen LogP contribution in [0, 0.1) is 23.7 Å². The molecule has 4 unspecified atom stereocenters. The quantitative estimate of drug-likeness (QED) is 0.108. The van der Waals surface area contributed by atoms with E-state index in [9.17, 15) is 30.6 Å². The molecule has 12 heteroatoms. The maximum absolute atomic E-state index is 12.6. The van der Waals surface area contributed by atoms with Crippen molar-refractivity contribution in [3.63, 3.8) is 0 Å². The van der Waals surface area contributed by atoms with Gasteiger partial charge in [-0.1, -0.05) is 12.2 Å². The third kappa shape index (κ3) is 4.55. The summed E-state index contributed by atoms with van der Waals surface area (Å²) in [4.78, 5) is 28.5. The van der Waals surface area contributed by atoms with Crippen LogP contribution in [-0.4, -0.2) is 60.3 Å². The molecule has 2 amide bonds. The molecule has 0 spiro atoms. The van der Waals surface area contributed by atoms with Crippen molar-refractivity contribution in [3.05, 3.63) is 12.2 Å². The molecule has 150 valence electrons. The first kappa shape index (κ1) is 22.4.